The van der Waals surface area contributed by atoms with E-state index in [1.54, 1.807) is 0 Å². The van der Waals surface area contributed by atoms with E-state index in [9.17, 15) is 0 Å². The van der Waals surface area contributed by atoms with E-state index in [1.807, 2.05) is 0 Å². The van der Waals surface area contributed by atoms with Crippen LogP contribution in [0.4, 0.5) is 0 Å². The number of rotatable bonds is 7. The van der Waals surface area contributed by atoms with Crippen LogP contribution in [0.2, 0.25) is 0 Å². The van der Waals surface area contributed by atoms with Crippen LogP contribution in [0.1, 0.15) is 51.5 Å². The van der Waals surface area contributed by atoms with Crippen LogP contribution in [0, 0.1) is 17.3 Å². The third-order valence-electron chi connectivity index (χ3n) is 6.32. The molecular weight excluding hydrogens is 282 g/mol. The number of piperidine rings is 1. The third-order valence-corrected chi connectivity index (χ3v) is 6.32. The van der Waals surface area contributed by atoms with Crippen molar-refractivity contribution < 1.29 is 4.74 Å². The first kappa shape index (κ1) is 17.0. The summed E-state index contributed by atoms with van der Waals surface area (Å²) in [6.45, 7) is 10.6. The molecular formula is C21H33NO. The molecule has 0 spiro atoms. The van der Waals surface area contributed by atoms with Crippen LogP contribution in [0.3, 0.4) is 0 Å². The van der Waals surface area contributed by atoms with Crippen LogP contribution in [0.15, 0.2) is 30.3 Å². The molecule has 1 aliphatic heterocycles. The molecule has 2 aliphatic rings. The number of benzene rings is 1. The van der Waals surface area contributed by atoms with E-state index in [4.69, 9.17) is 4.74 Å². The van der Waals surface area contributed by atoms with Gasteiger partial charge in [0.05, 0.1) is 6.61 Å². The van der Waals surface area contributed by atoms with Crippen molar-refractivity contribution in [3.8, 4) is 0 Å². The Bertz CT molecular complexity index is 464. The highest BCUT2D eigenvalue weighted by Crippen LogP contribution is 2.53. The molecule has 1 saturated carbocycles. The van der Waals surface area contributed by atoms with E-state index < -0.39 is 0 Å². The number of likely N-dealkylation sites (tertiary alicyclic amines) is 1. The van der Waals surface area contributed by atoms with Gasteiger partial charge < -0.3 is 9.64 Å². The molecule has 2 fully saturated rings. The van der Waals surface area contributed by atoms with Crippen molar-refractivity contribution >= 4 is 0 Å². The van der Waals surface area contributed by atoms with Crippen molar-refractivity contribution in [2.45, 2.75) is 52.6 Å². The Labute approximate surface area is 142 Å². The van der Waals surface area contributed by atoms with Crippen LogP contribution in [-0.4, -0.2) is 31.1 Å². The smallest absolute Gasteiger partial charge is 0.0716 e. The Balaban J connectivity index is 1.35. The summed E-state index contributed by atoms with van der Waals surface area (Å²) in [6, 6.07) is 10.5. The van der Waals surface area contributed by atoms with E-state index in [2.05, 4.69) is 49.1 Å². The summed E-state index contributed by atoms with van der Waals surface area (Å²) in [5.41, 5.74) is 1.77. The second-order valence-corrected chi connectivity index (χ2v) is 8.14. The third kappa shape index (κ3) is 4.36. The largest absolute Gasteiger partial charge is 0.377 e. The lowest BCUT2D eigenvalue weighted by atomic mass is 9.53. The van der Waals surface area contributed by atoms with Gasteiger partial charge in [-0.25, -0.2) is 0 Å². The van der Waals surface area contributed by atoms with Gasteiger partial charge in [0, 0.05) is 13.2 Å². The van der Waals surface area contributed by atoms with Gasteiger partial charge in [-0.2, -0.15) is 0 Å². The molecule has 0 aromatic heterocycles. The van der Waals surface area contributed by atoms with Crippen molar-refractivity contribution in [3.05, 3.63) is 35.9 Å². The van der Waals surface area contributed by atoms with Gasteiger partial charge in [0.2, 0.25) is 0 Å². The molecule has 2 heteroatoms. The number of hydrogen-bond donors (Lipinski definition) is 0. The first-order valence-corrected chi connectivity index (χ1v) is 9.50. The molecule has 1 heterocycles. The average Bonchev–Trinajstić information content (AvgIpc) is 2.58. The van der Waals surface area contributed by atoms with Crippen LogP contribution in [0.5, 0.6) is 0 Å². The second kappa shape index (κ2) is 7.81. The summed E-state index contributed by atoms with van der Waals surface area (Å²) in [4.78, 5) is 2.71. The predicted molar refractivity (Wildman–Crippen MR) is 96.4 cm³/mol. The Hall–Kier alpha value is -0.860. The van der Waals surface area contributed by atoms with Crippen molar-refractivity contribution in [3.63, 3.8) is 0 Å². The van der Waals surface area contributed by atoms with Crippen molar-refractivity contribution in [2.75, 3.05) is 26.2 Å². The van der Waals surface area contributed by atoms with E-state index in [0.29, 0.717) is 5.41 Å². The molecule has 2 nitrogen and oxygen atoms in total. The average molecular weight is 316 g/mol. The molecule has 0 bridgehead atoms. The Morgan fingerprint density at radius 3 is 2.48 bits per heavy atom. The number of nitrogens with zero attached hydrogens (tertiary/aromatic N) is 1. The first-order valence-electron chi connectivity index (χ1n) is 9.50. The van der Waals surface area contributed by atoms with E-state index in [0.717, 1.165) is 25.0 Å². The quantitative estimate of drug-likeness (QED) is 0.674. The SMILES string of the molecule is CC1(C)[C@H](CCOCc2ccccc2)C[C@@H]1CN1CCCCC1. The minimum absolute atomic E-state index is 0.494. The van der Waals surface area contributed by atoms with Crippen molar-refractivity contribution in [2.24, 2.45) is 17.3 Å². The second-order valence-electron chi connectivity index (χ2n) is 8.14. The molecule has 128 valence electrons. The van der Waals surface area contributed by atoms with E-state index in [1.165, 1.54) is 57.3 Å². The van der Waals surface area contributed by atoms with Crippen LogP contribution in [-0.2, 0) is 11.3 Å². The molecule has 0 N–H and O–H groups in total. The summed E-state index contributed by atoms with van der Waals surface area (Å²) >= 11 is 0. The summed E-state index contributed by atoms with van der Waals surface area (Å²) in [5.74, 6) is 1.73. The molecule has 23 heavy (non-hydrogen) atoms. The summed E-state index contributed by atoms with van der Waals surface area (Å²) in [5, 5.41) is 0. The maximum absolute atomic E-state index is 5.89. The maximum Gasteiger partial charge on any atom is 0.0716 e. The zero-order valence-corrected chi connectivity index (χ0v) is 15.0. The van der Waals surface area contributed by atoms with Crippen molar-refractivity contribution in [1.82, 2.24) is 4.90 Å². The molecule has 3 rings (SSSR count). The minimum Gasteiger partial charge on any atom is -0.377 e. The molecule has 0 amide bonds. The maximum atomic E-state index is 5.89. The topological polar surface area (TPSA) is 12.5 Å². The molecule has 1 aliphatic carbocycles. The zero-order valence-electron chi connectivity index (χ0n) is 15.0. The van der Waals surface area contributed by atoms with Gasteiger partial charge in [-0.15, -0.1) is 0 Å². The van der Waals surface area contributed by atoms with Crippen LogP contribution >= 0.6 is 0 Å². The lowest BCUT2D eigenvalue weighted by Crippen LogP contribution is -2.51. The van der Waals surface area contributed by atoms with Gasteiger partial charge in [-0.3, -0.25) is 0 Å². The zero-order chi connectivity index (χ0) is 16.1. The van der Waals surface area contributed by atoms with Crippen molar-refractivity contribution in [1.29, 1.82) is 0 Å². The highest BCUT2D eigenvalue weighted by Gasteiger charge is 2.47. The molecule has 1 aromatic rings. The van der Waals surface area contributed by atoms with Gasteiger partial charge >= 0.3 is 0 Å². The summed E-state index contributed by atoms with van der Waals surface area (Å²) in [6.07, 6.45) is 6.87. The van der Waals surface area contributed by atoms with E-state index >= 15 is 0 Å². The Morgan fingerprint density at radius 1 is 1.04 bits per heavy atom. The lowest BCUT2D eigenvalue weighted by molar-refractivity contribution is -0.0590. The van der Waals surface area contributed by atoms with Gasteiger partial charge in [0.15, 0.2) is 0 Å². The number of ether oxygens (including phenoxy) is 1. The first-order chi connectivity index (χ1) is 11.2. The highest BCUT2D eigenvalue weighted by molar-refractivity contribution is 5.13. The fourth-order valence-corrected chi connectivity index (χ4v) is 4.37. The van der Waals surface area contributed by atoms with Gasteiger partial charge in [0.25, 0.3) is 0 Å². The van der Waals surface area contributed by atoms with Gasteiger partial charge in [-0.05, 0) is 61.6 Å². The predicted octanol–water partition coefficient (Wildman–Crippen LogP) is 4.74. The summed E-state index contributed by atoms with van der Waals surface area (Å²) in [7, 11) is 0. The Kier molecular flexibility index (Phi) is 5.76. The van der Waals surface area contributed by atoms with E-state index in [-0.39, 0.29) is 0 Å². The molecule has 1 saturated heterocycles. The molecule has 1 aromatic carbocycles. The van der Waals surface area contributed by atoms with Gasteiger partial charge in [-0.1, -0.05) is 50.6 Å². The van der Waals surface area contributed by atoms with Crippen LogP contribution < -0.4 is 0 Å². The standard InChI is InChI=1S/C21H33NO/c1-21(2)19(11-14-23-17-18-9-5-3-6-10-18)15-20(21)16-22-12-7-4-8-13-22/h3,5-6,9-10,19-20H,4,7-8,11-17H2,1-2H3/t19-,20-/m1/s1. The molecule has 0 radical (unpaired) electrons. The molecule has 0 unspecified atom stereocenters. The highest BCUT2D eigenvalue weighted by atomic mass is 16.5. The van der Waals surface area contributed by atoms with Crippen LogP contribution in [0.25, 0.3) is 0 Å². The fraction of sp³-hybridized carbons (Fsp3) is 0.714. The molecule has 2 atom stereocenters. The van der Waals surface area contributed by atoms with Gasteiger partial charge in [0.1, 0.15) is 0 Å². The lowest BCUT2D eigenvalue weighted by Gasteiger charge is -2.54. The monoisotopic (exact) mass is 315 g/mol. The fourth-order valence-electron chi connectivity index (χ4n) is 4.37. The minimum atomic E-state index is 0.494. The summed E-state index contributed by atoms with van der Waals surface area (Å²) < 4.78 is 5.89. The Morgan fingerprint density at radius 2 is 1.78 bits per heavy atom. The normalized spacial score (nSPS) is 27.6. The number of hydrogen-bond acceptors (Lipinski definition) is 2.